The summed E-state index contributed by atoms with van der Waals surface area (Å²) >= 11 is 0. The van der Waals surface area contributed by atoms with Crippen LogP contribution in [0.15, 0.2) is 24.5 Å². The highest BCUT2D eigenvalue weighted by molar-refractivity contribution is 5.40. The first-order chi connectivity index (χ1) is 6.93. The molecule has 0 atom stereocenters. The van der Waals surface area contributed by atoms with Gasteiger partial charge in [-0.25, -0.2) is 0 Å². The number of pyridine rings is 1. The van der Waals surface area contributed by atoms with Crippen molar-refractivity contribution >= 4 is 5.69 Å². The van der Waals surface area contributed by atoms with Gasteiger partial charge in [0.1, 0.15) is 0 Å². The van der Waals surface area contributed by atoms with E-state index >= 15 is 0 Å². The highest BCUT2D eigenvalue weighted by atomic mass is 16.5. The van der Waals surface area contributed by atoms with Crippen LogP contribution in [0.4, 0.5) is 5.69 Å². The standard InChI is InChI=1S/C10H16N2O2/c13-7-9-14-8-1-4-12-10-2-5-11-6-3-10/h2-3,5-6,13H,1,4,7-9H2,(H,11,12). The predicted octanol–water partition coefficient (Wildman–Crippen LogP) is 0.892. The third-order valence-electron chi connectivity index (χ3n) is 1.71. The molecule has 0 aromatic carbocycles. The summed E-state index contributed by atoms with van der Waals surface area (Å²) < 4.78 is 5.12. The van der Waals surface area contributed by atoms with Crippen LogP contribution in [0.25, 0.3) is 0 Å². The van der Waals surface area contributed by atoms with Gasteiger partial charge in [-0.15, -0.1) is 0 Å². The molecule has 0 aliphatic carbocycles. The van der Waals surface area contributed by atoms with Crippen LogP contribution in [0.2, 0.25) is 0 Å². The molecular formula is C10H16N2O2. The average Bonchev–Trinajstić information content (AvgIpc) is 2.25. The predicted molar refractivity (Wildman–Crippen MR) is 55.2 cm³/mol. The zero-order chi connectivity index (χ0) is 10.1. The summed E-state index contributed by atoms with van der Waals surface area (Å²) in [5.41, 5.74) is 1.07. The normalized spacial score (nSPS) is 10.1. The molecule has 1 aromatic rings. The van der Waals surface area contributed by atoms with Crippen LogP contribution in [-0.4, -0.2) is 36.5 Å². The van der Waals surface area contributed by atoms with Gasteiger partial charge < -0.3 is 15.2 Å². The van der Waals surface area contributed by atoms with Crippen molar-refractivity contribution in [3.8, 4) is 0 Å². The van der Waals surface area contributed by atoms with Crippen LogP contribution in [-0.2, 0) is 4.74 Å². The number of aliphatic hydroxyl groups excluding tert-OH is 1. The molecule has 78 valence electrons. The lowest BCUT2D eigenvalue weighted by Crippen LogP contribution is -2.07. The van der Waals surface area contributed by atoms with E-state index in [0.717, 1.165) is 18.7 Å². The minimum Gasteiger partial charge on any atom is -0.394 e. The van der Waals surface area contributed by atoms with Crippen molar-refractivity contribution in [1.29, 1.82) is 0 Å². The number of aliphatic hydroxyl groups is 1. The second kappa shape index (κ2) is 7.29. The second-order valence-corrected chi connectivity index (χ2v) is 2.85. The zero-order valence-corrected chi connectivity index (χ0v) is 8.15. The van der Waals surface area contributed by atoms with Gasteiger partial charge in [0.25, 0.3) is 0 Å². The third-order valence-corrected chi connectivity index (χ3v) is 1.71. The maximum absolute atomic E-state index is 8.45. The van der Waals surface area contributed by atoms with E-state index in [1.807, 2.05) is 12.1 Å². The molecule has 0 radical (unpaired) electrons. The largest absolute Gasteiger partial charge is 0.394 e. The van der Waals surface area contributed by atoms with Gasteiger partial charge >= 0.3 is 0 Å². The Hall–Kier alpha value is -1.13. The van der Waals surface area contributed by atoms with E-state index in [2.05, 4.69) is 10.3 Å². The van der Waals surface area contributed by atoms with Gasteiger partial charge in [0.15, 0.2) is 0 Å². The minimum atomic E-state index is 0.0950. The zero-order valence-electron chi connectivity index (χ0n) is 8.15. The molecule has 0 aliphatic rings. The van der Waals surface area contributed by atoms with E-state index in [1.54, 1.807) is 12.4 Å². The molecule has 14 heavy (non-hydrogen) atoms. The SMILES string of the molecule is OCCOCCCNc1ccncc1. The number of anilines is 1. The minimum absolute atomic E-state index is 0.0950. The molecule has 0 saturated carbocycles. The van der Waals surface area contributed by atoms with E-state index in [-0.39, 0.29) is 6.61 Å². The molecule has 0 amide bonds. The summed E-state index contributed by atoms with van der Waals surface area (Å²) in [5.74, 6) is 0. The number of hydrogen-bond donors (Lipinski definition) is 2. The van der Waals surface area contributed by atoms with Crippen molar-refractivity contribution in [3.05, 3.63) is 24.5 Å². The molecule has 0 aliphatic heterocycles. The lowest BCUT2D eigenvalue weighted by Gasteiger charge is -2.05. The van der Waals surface area contributed by atoms with E-state index in [9.17, 15) is 0 Å². The number of nitrogens with zero attached hydrogens (tertiary/aromatic N) is 1. The van der Waals surface area contributed by atoms with Crippen molar-refractivity contribution in [3.63, 3.8) is 0 Å². The molecule has 1 heterocycles. The Morgan fingerprint density at radius 1 is 1.29 bits per heavy atom. The molecule has 4 heteroatoms. The molecule has 0 unspecified atom stereocenters. The molecule has 0 saturated heterocycles. The van der Waals surface area contributed by atoms with E-state index in [0.29, 0.717) is 13.2 Å². The fourth-order valence-electron chi connectivity index (χ4n) is 1.04. The fraction of sp³-hybridized carbons (Fsp3) is 0.500. The molecule has 0 fully saturated rings. The molecule has 1 rings (SSSR count). The molecule has 4 nitrogen and oxygen atoms in total. The van der Waals surface area contributed by atoms with Crippen LogP contribution in [0.5, 0.6) is 0 Å². The van der Waals surface area contributed by atoms with Crippen LogP contribution in [0.3, 0.4) is 0 Å². The Balaban J connectivity index is 1.99. The molecular weight excluding hydrogens is 180 g/mol. The Kier molecular flexibility index (Phi) is 5.70. The first kappa shape index (κ1) is 10.9. The van der Waals surface area contributed by atoms with E-state index < -0.39 is 0 Å². The summed E-state index contributed by atoms with van der Waals surface area (Å²) in [6.45, 7) is 2.07. The Bertz CT molecular complexity index is 229. The van der Waals surface area contributed by atoms with Gasteiger partial charge in [-0.2, -0.15) is 0 Å². The van der Waals surface area contributed by atoms with Gasteiger partial charge in [0.2, 0.25) is 0 Å². The smallest absolute Gasteiger partial charge is 0.0697 e. The number of hydrogen-bond acceptors (Lipinski definition) is 4. The topological polar surface area (TPSA) is 54.4 Å². The number of aromatic nitrogens is 1. The van der Waals surface area contributed by atoms with Crippen LogP contribution in [0.1, 0.15) is 6.42 Å². The van der Waals surface area contributed by atoms with Gasteiger partial charge in [0.05, 0.1) is 13.2 Å². The van der Waals surface area contributed by atoms with Gasteiger partial charge in [-0.05, 0) is 18.6 Å². The summed E-state index contributed by atoms with van der Waals surface area (Å²) in [5, 5.41) is 11.7. The van der Waals surface area contributed by atoms with Crippen LogP contribution in [0, 0.1) is 0 Å². The summed E-state index contributed by atoms with van der Waals surface area (Å²) in [4.78, 5) is 3.92. The van der Waals surface area contributed by atoms with Crippen molar-refractivity contribution in [1.82, 2.24) is 4.98 Å². The molecule has 0 bridgehead atoms. The summed E-state index contributed by atoms with van der Waals surface area (Å²) in [6, 6.07) is 3.85. The second-order valence-electron chi connectivity index (χ2n) is 2.85. The summed E-state index contributed by atoms with van der Waals surface area (Å²) in [6.07, 6.45) is 4.44. The molecule has 0 spiro atoms. The fourth-order valence-corrected chi connectivity index (χ4v) is 1.04. The Morgan fingerprint density at radius 3 is 2.79 bits per heavy atom. The maximum atomic E-state index is 8.45. The summed E-state index contributed by atoms with van der Waals surface area (Å²) in [7, 11) is 0. The van der Waals surface area contributed by atoms with Gasteiger partial charge in [-0.3, -0.25) is 4.98 Å². The average molecular weight is 196 g/mol. The Morgan fingerprint density at radius 2 is 2.07 bits per heavy atom. The van der Waals surface area contributed by atoms with Crippen molar-refractivity contribution in [2.75, 3.05) is 31.7 Å². The molecule has 2 N–H and O–H groups in total. The highest BCUT2D eigenvalue weighted by Crippen LogP contribution is 2.02. The van der Waals surface area contributed by atoms with Gasteiger partial charge in [0, 0.05) is 31.2 Å². The number of nitrogens with one attached hydrogen (secondary N) is 1. The van der Waals surface area contributed by atoms with Crippen molar-refractivity contribution in [2.45, 2.75) is 6.42 Å². The lowest BCUT2D eigenvalue weighted by atomic mass is 10.4. The first-order valence-electron chi connectivity index (χ1n) is 4.76. The van der Waals surface area contributed by atoms with Crippen molar-refractivity contribution in [2.24, 2.45) is 0 Å². The molecule has 1 aromatic heterocycles. The quantitative estimate of drug-likeness (QED) is 0.636. The monoisotopic (exact) mass is 196 g/mol. The number of ether oxygens (including phenoxy) is 1. The lowest BCUT2D eigenvalue weighted by molar-refractivity contribution is 0.0922. The third kappa shape index (κ3) is 4.79. The maximum Gasteiger partial charge on any atom is 0.0697 e. The Labute approximate surface area is 83.9 Å². The van der Waals surface area contributed by atoms with Gasteiger partial charge in [-0.1, -0.05) is 0 Å². The highest BCUT2D eigenvalue weighted by Gasteiger charge is 1.90. The van der Waals surface area contributed by atoms with Crippen LogP contribution >= 0.6 is 0 Å². The number of rotatable bonds is 7. The van der Waals surface area contributed by atoms with E-state index in [1.165, 1.54) is 0 Å². The van der Waals surface area contributed by atoms with E-state index in [4.69, 9.17) is 9.84 Å². The van der Waals surface area contributed by atoms with Crippen molar-refractivity contribution < 1.29 is 9.84 Å². The van der Waals surface area contributed by atoms with Crippen LogP contribution < -0.4 is 5.32 Å². The first-order valence-corrected chi connectivity index (χ1v) is 4.76.